The van der Waals surface area contributed by atoms with Gasteiger partial charge in [0.2, 0.25) is 11.8 Å². The number of nitrogens with zero attached hydrogens (tertiary/aromatic N) is 1. The minimum Gasteiger partial charge on any atom is -0.483 e. The fourth-order valence-electron chi connectivity index (χ4n) is 5.26. The predicted octanol–water partition coefficient (Wildman–Crippen LogP) is 6.58. The van der Waals surface area contributed by atoms with Gasteiger partial charge in [-0.05, 0) is 54.6 Å². The number of thioether (sulfide) groups is 1. The van der Waals surface area contributed by atoms with Crippen molar-refractivity contribution in [1.29, 1.82) is 0 Å². The van der Waals surface area contributed by atoms with E-state index in [9.17, 15) is 32.3 Å². The van der Waals surface area contributed by atoms with Gasteiger partial charge in [-0.15, -0.1) is 0 Å². The summed E-state index contributed by atoms with van der Waals surface area (Å²) in [7, 11) is 0. The normalized spacial score (nSPS) is 19.5. The van der Waals surface area contributed by atoms with E-state index in [-0.39, 0.29) is 10.8 Å². The molecule has 3 atom stereocenters. The Hall–Kier alpha value is -3.78. The monoisotopic (exact) mass is 679 g/mol. The van der Waals surface area contributed by atoms with E-state index >= 15 is 0 Å². The van der Waals surface area contributed by atoms with Crippen molar-refractivity contribution in [2.75, 3.05) is 16.8 Å². The van der Waals surface area contributed by atoms with Crippen molar-refractivity contribution in [3.8, 4) is 5.75 Å². The minimum absolute atomic E-state index is 0.0984. The number of carbonyl (C=O) groups excluding carboxylic acids is 3. The number of hydrogen-bond donors (Lipinski definition) is 2. The van der Waals surface area contributed by atoms with E-state index in [2.05, 4.69) is 10.3 Å². The average molecular weight is 681 g/mol. The van der Waals surface area contributed by atoms with E-state index in [4.69, 9.17) is 27.9 Å². The molecule has 1 aromatic heterocycles. The van der Waals surface area contributed by atoms with E-state index in [1.807, 2.05) is 0 Å². The lowest BCUT2D eigenvalue weighted by Crippen LogP contribution is -2.32. The summed E-state index contributed by atoms with van der Waals surface area (Å²) in [6.45, 7) is -0.684. The number of anilines is 2. The molecule has 3 aromatic carbocycles. The van der Waals surface area contributed by atoms with Crippen LogP contribution in [-0.2, 0) is 20.6 Å². The molecule has 2 aliphatic heterocycles. The molecular weight excluding hydrogens is 662 g/mol. The van der Waals surface area contributed by atoms with Crippen LogP contribution in [0.5, 0.6) is 5.75 Å². The van der Waals surface area contributed by atoms with Gasteiger partial charge in [0.05, 0.1) is 27.9 Å². The SMILES string of the molecule is O=C(COc1ccc(Cl)cc1[C@@H]1c2sc(=O)[nH]c2S[C@H]2C(=O)N(c3ccc(Cl)cc3)C(=O)[C@@H]12)Nc1ccccc1C(F)(F)F. The van der Waals surface area contributed by atoms with Crippen LogP contribution in [0.15, 0.2) is 76.6 Å². The molecular formula is C29H18Cl2F3N3O5S2. The number of amides is 3. The zero-order chi connectivity index (χ0) is 31.3. The summed E-state index contributed by atoms with van der Waals surface area (Å²) in [5.41, 5.74) is -0.799. The number of H-pyrrole nitrogens is 1. The first-order valence-electron chi connectivity index (χ1n) is 12.8. The van der Waals surface area contributed by atoms with Crippen molar-refractivity contribution < 1.29 is 32.3 Å². The number of imide groups is 1. The lowest BCUT2D eigenvalue weighted by Gasteiger charge is -2.31. The van der Waals surface area contributed by atoms with E-state index < -0.39 is 63.7 Å². The second-order valence-electron chi connectivity index (χ2n) is 9.80. The highest BCUT2D eigenvalue weighted by Gasteiger charge is 2.57. The molecule has 0 unspecified atom stereocenters. The standard InChI is InChI=1S/C29H18Cl2F3N3O5S2/c30-13-5-8-15(9-6-13)37-26(39)22-21(23-25(36-28(41)44-23)43-24(22)27(37)40)16-11-14(31)7-10-19(16)42-12-20(38)35-18-4-2-1-3-17(18)29(32,33)34/h1-11,21-22,24H,12H2,(H,35,38)(H,36,41)/t21-,22-,24+/m0/s1. The topological polar surface area (TPSA) is 109 Å². The van der Waals surface area contributed by atoms with Crippen LogP contribution in [-0.4, -0.2) is 34.6 Å². The fourth-order valence-corrected chi connectivity index (χ4v) is 8.07. The number of aromatic nitrogens is 1. The number of ether oxygens (including phenoxy) is 1. The Morgan fingerprint density at radius 2 is 1.68 bits per heavy atom. The summed E-state index contributed by atoms with van der Waals surface area (Å²) < 4.78 is 46.0. The number of carbonyl (C=O) groups is 3. The Morgan fingerprint density at radius 3 is 2.41 bits per heavy atom. The lowest BCUT2D eigenvalue weighted by atomic mass is 9.82. The van der Waals surface area contributed by atoms with Gasteiger partial charge in [0.25, 0.3) is 5.91 Å². The summed E-state index contributed by atoms with van der Waals surface area (Å²) >= 11 is 14.3. The second-order valence-corrected chi connectivity index (χ2v) is 12.8. The number of aromatic amines is 1. The van der Waals surface area contributed by atoms with Crippen LogP contribution < -0.4 is 19.8 Å². The van der Waals surface area contributed by atoms with E-state index in [0.717, 1.165) is 40.1 Å². The van der Waals surface area contributed by atoms with Crippen LogP contribution in [0, 0.1) is 5.92 Å². The average Bonchev–Trinajstić information content (AvgIpc) is 3.46. The van der Waals surface area contributed by atoms with Gasteiger partial charge < -0.3 is 15.0 Å². The number of rotatable bonds is 6. The molecule has 8 nitrogen and oxygen atoms in total. The van der Waals surface area contributed by atoms with Gasteiger partial charge in [-0.1, -0.05) is 58.4 Å². The van der Waals surface area contributed by atoms with Gasteiger partial charge in [-0.25, -0.2) is 4.90 Å². The van der Waals surface area contributed by atoms with Crippen LogP contribution in [0.1, 0.15) is 21.9 Å². The molecule has 15 heteroatoms. The smallest absolute Gasteiger partial charge is 0.418 e. The van der Waals surface area contributed by atoms with Crippen molar-refractivity contribution in [2.24, 2.45) is 5.92 Å². The summed E-state index contributed by atoms with van der Waals surface area (Å²) in [6, 6.07) is 15.2. The van der Waals surface area contributed by atoms with Crippen molar-refractivity contribution in [3.63, 3.8) is 0 Å². The van der Waals surface area contributed by atoms with Gasteiger partial charge in [0.15, 0.2) is 6.61 Å². The number of hydrogen-bond acceptors (Lipinski definition) is 7. The molecule has 2 aliphatic rings. The molecule has 0 bridgehead atoms. The maximum atomic E-state index is 14.0. The minimum atomic E-state index is -4.69. The lowest BCUT2D eigenvalue weighted by molar-refractivity contribution is -0.137. The number of para-hydroxylation sites is 1. The Kier molecular flexibility index (Phi) is 7.99. The molecule has 3 amide bonds. The van der Waals surface area contributed by atoms with Gasteiger partial charge in [-0.3, -0.25) is 19.2 Å². The van der Waals surface area contributed by atoms with Gasteiger partial charge in [0, 0.05) is 26.4 Å². The Labute approximate surface area is 265 Å². The molecule has 1 fully saturated rings. The Morgan fingerprint density at radius 1 is 0.977 bits per heavy atom. The highest BCUT2D eigenvalue weighted by atomic mass is 35.5. The van der Waals surface area contributed by atoms with E-state index in [1.165, 1.54) is 30.3 Å². The molecule has 4 aromatic rings. The van der Waals surface area contributed by atoms with Gasteiger partial charge >= 0.3 is 11.0 Å². The second kappa shape index (κ2) is 11.6. The molecule has 226 valence electrons. The fraction of sp³-hybridized carbons (Fsp3) is 0.172. The van der Waals surface area contributed by atoms with Crippen molar-refractivity contribution >= 4 is 75.4 Å². The number of nitrogens with one attached hydrogen (secondary N) is 2. The first-order valence-corrected chi connectivity index (χ1v) is 15.3. The zero-order valence-electron chi connectivity index (χ0n) is 22.0. The van der Waals surface area contributed by atoms with Crippen molar-refractivity contribution in [1.82, 2.24) is 4.98 Å². The summed E-state index contributed by atoms with van der Waals surface area (Å²) in [5, 5.41) is 2.40. The Bertz CT molecular complexity index is 1860. The zero-order valence-corrected chi connectivity index (χ0v) is 25.1. The van der Waals surface area contributed by atoms with E-state index in [0.29, 0.717) is 26.2 Å². The molecule has 1 saturated heterocycles. The Balaban J connectivity index is 1.34. The number of halogens is 5. The summed E-state index contributed by atoms with van der Waals surface area (Å²) in [6.07, 6.45) is -4.69. The quantitative estimate of drug-likeness (QED) is 0.223. The van der Waals surface area contributed by atoms with Gasteiger partial charge in [-0.2, -0.15) is 13.2 Å². The van der Waals surface area contributed by atoms with Crippen LogP contribution in [0.3, 0.4) is 0 Å². The van der Waals surface area contributed by atoms with E-state index in [1.54, 1.807) is 24.3 Å². The number of alkyl halides is 3. The first-order chi connectivity index (χ1) is 20.9. The van der Waals surface area contributed by atoms with Gasteiger partial charge in [0.1, 0.15) is 11.0 Å². The number of thiazole rings is 1. The molecule has 6 rings (SSSR count). The largest absolute Gasteiger partial charge is 0.483 e. The maximum Gasteiger partial charge on any atom is 0.418 e. The van der Waals surface area contributed by atoms with Crippen LogP contribution in [0.25, 0.3) is 0 Å². The van der Waals surface area contributed by atoms with Crippen LogP contribution >= 0.6 is 46.3 Å². The molecule has 0 spiro atoms. The van der Waals surface area contributed by atoms with Crippen molar-refractivity contribution in [2.45, 2.75) is 22.4 Å². The highest BCUT2D eigenvalue weighted by molar-refractivity contribution is 8.00. The predicted molar refractivity (Wildman–Crippen MR) is 161 cm³/mol. The summed E-state index contributed by atoms with van der Waals surface area (Å²) in [5.74, 6) is -3.62. The first kappa shape index (κ1) is 30.3. The highest BCUT2D eigenvalue weighted by Crippen LogP contribution is 2.54. The number of benzene rings is 3. The molecule has 3 heterocycles. The molecule has 0 radical (unpaired) electrons. The summed E-state index contributed by atoms with van der Waals surface area (Å²) in [4.78, 5) is 56.7. The van der Waals surface area contributed by atoms with Crippen LogP contribution in [0.4, 0.5) is 24.5 Å². The number of fused-ring (bicyclic) bond motifs is 2. The molecule has 2 N–H and O–H groups in total. The third kappa shape index (κ3) is 5.60. The maximum absolute atomic E-state index is 14.0. The molecule has 0 saturated carbocycles. The third-order valence-corrected chi connectivity index (χ3v) is 9.97. The third-order valence-electron chi connectivity index (χ3n) is 7.08. The molecule has 0 aliphatic carbocycles. The van der Waals surface area contributed by atoms with Crippen LogP contribution in [0.2, 0.25) is 10.0 Å². The van der Waals surface area contributed by atoms with Crippen molar-refractivity contribution in [3.05, 3.63) is 102 Å². The molecule has 44 heavy (non-hydrogen) atoms.